The summed E-state index contributed by atoms with van der Waals surface area (Å²) in [6.45, 7) is 4.76. The largest absolute Gasteiger partial charge is 0.342 e. The lowest BCUT2D eigenvalue weighted by molar-refractivity contribution is 0.785. The predicted molar refractivity (Wildman–Crippen MR) is 75.9 cm³/mol. The summed E-state index contributed by atoms with van der Waals surface area (Å²) in [4.78, 5) is 7.70. The van der Waals surface area contributed by atoms with Crippen molar-refractivity contribution in [2.75, 3.05) is 7.05 Å². The number of benzene rings is 1. The van der Waals surface area contributed by atoms with Crippen molar-refractivity contribution < 1.29 is 0 Å². The quantitative estimate of drug-likeness (QED) is 0.672. The number of aromatic nitrogens is 4. The van der Waals surface area contributed by atoms with Gasteiger partial charge in [0.15, 0.2) is 0 Å². The molecule has 0 bridgehead atoms. The first kappa shape index (κ1) is 11.9. The van der Waals surface area contributed by atoms with Crippen LogP contribution in [0.3, 0.4) is 0 Å². The van der Waals surface area contributed by atoms with Crippen LogP contribution in [0.2, 0.25) is 0 Å². The zero-order valence-electron chi connectivity index (χ0n) is 11.3. The molecule has 0 saturated carbocycles. The normalized spacial score (nSPS) is 11.3. The van der Waals surface area contributed by atoms with E-state index in [4.69, 9.17) is 0 Å². The van der Waals surface area contributed by atoms with Crippen LogP contribution < -0.4 is 5.32 Å². The Labute approximate surface area is 111 Å². The second kappa shape index (κ2) is 4.51. The van der Waals surface area contributed by atoms with Crippen LogP contribution >= 0.6 is 0 Å². The molecular formula is C14H17N5. The van der Waals surface area contributed by atoms with Crippen molar-refractivity contribution in [3.05, 3.63) is 35.4 Å². The number of rotatable bonds is 3. The number of imidazole rings is 1. The van der Waals surface area contributed by atoms with Gasteiger partial charge < -0.3 is 10.3 Å². The Hall–Kier alpha value is -2.14. The monoisotopic (exact) mass is 255 g/mol. The Kier molecular flexibility index (Phi) is 2.83. The molecule has 2 heterocycles. The second-order valence-corrected chi connectivity index (χ2v) is 4.75. The van der Waals surface area contributed by atoms with E-state index < -0.39 is 0 Å². The molecule has 1 aromatic carbocycles. The van der Waals surface area contributed by atoms with E-state index in [1.54, 1.807) is 0 Å². The summed E-state index contributed by atoms with van der Waals surface area (Å²) in [7, 11) is 1.93. The number of fused-ring (bicyclic) bond motifs is 1. The van der Waals surface area contributed by atoms with Gasteiger partial charge in [0.1, 0.15) is 5.82 Å². The summed E-state index contributed by atoms with van der Waals surface area (Å²) < 4.78 is 0. The van der Waals surface area contributed by atoms with Crippen molar-refractivity contribution in [1.29, 1.82) is 0 Å². The summed E-state index contributed by atoms with van der Waals surface area (Å²) in [5, 5.41) is 10.6. The molecule has 0 amide bonds. The highest BCUT2D eigenvalue weighted by molar-refractivity contribution is 5.83. The third-order valence-electron chi connectivity index (χ3n) is 3.26. The molecule has 5 nitrogen and oxygen atoms in total. The van der Waals surface area contributed by atoms with Gasteiger partial charge in [-0.1, -0.05) is 6.07 Å². The summed E-state index contributed by atoms with van der Waals surface area (Å²) in [6, 6.07) is 6.27. The minimum absolute atomic E-state index is 0.750. The van der Waals surface area contributed by atoms with E-state index >= 15 is 0 Å². The van der Waals surface area contributed by atoms with Crippen molar-refractivity contribution in [2.24, 2.45) is 0 Å². The molecule has 0 saturated heterocycles. The maximum Gasteiger partial charge on any atom is 0.104 e. The van der Waals surface area contributed by atoms with Gasteiger partial charge in [-0.05, 0) is 38.6 Å². The van der Waals surface area contributed by atoms with Crippen LogP contribution in [0.1, 0.15) is 17.2 Å². The van der Waals surface area contributed by atoms with E-state index in [1.165, 1.54) is 5.56 Å². The van der Waals surface area contributed by atoms with Crippen LogP contribution in [-0.4, -0.2) is 27.2 Å². The minimum Gasteiger partial charge on any atom is -0.342 e. The molecule has 2 aromatic heterocycles. The molecule has 5 heteroatoms. The molecule has 0 aliphatic heterocycles. The predicted octanol–water partition coefficient (Wildman–Crippen LogP) is 2.29. The maximum atomic E-state index is 4.43. The fourth-order valence-electron chi connectivity index (χ4n) is 2.45. The Bertz CT molecular complexity index is 723. The maximum absolute atomic E-state index is 4.43. The molecule has 0 unspecified atom stereocenters. The van der Waals surface area contributed by atoms with Crippen molar-refractivity contribution in [2.45, 2.75) is 20.4 Å². The average molecular weight is 255 g/mol. The van der Waals surface area contributed by atoms with Gasteiger partial charge in [0.25, 0.3) is 0 Å². The molecule has 0 atom stereocenters. The average Bonchev–Trinajstić information content (AvgIpc) is 2.91. The van der Waals surface area contributed by atoms with Gasteiger partial charge in [-0.25, -0.2) is 4.98 Å². The van der Waals surface area contributed by atoms with Crippen LogP contribution in [0, 0.1) is 13.8 Å². The highest BCUT2D eigenvalue weighted by Gasteiger charge is 2.12. The molecule has 0 aliphatic rings. The second-order valence-electron chi connectivity index (χ2n) is 4.75. The number of H-pyrrole nitrogens is 2. The van der Waals surface area contributed by atoms with E-state index in [2.05, 4.69) is 37.6 Å². The summed E-state index contributed by atoms with van der Waals surface area (Å²) >= 11 is 0. The number of nitrogens with zero attached hydrogens (tertiary/aromatic N) is 2. The van der Waals surface area contributed by atoms with Gasteiger partial charge in [-0.2, -0.15) is 5.10 Å². The molecule has 0 spiro atoms. The Morgan fingerprint density at radius 3 is 2.89 bits per heavy atom. The number of nitrogens with one attached hydrogen (secondary N) is 3. The zero-order valence-corrected chi connectivity index (χ0v) is 11.3. The van der Waals surface area contributed by atoms with Crippen LogP contribution in [-0.2, 0) is 6.54 Å². The minimum atomic E-state index is 0.750. The lowest BCUT2D eigenvalue weighted by Crippen LogP contribution is -2.06. The molecule has 3 aromatic rings. The van der Waals surface area contributed by atoms with Crippen LogP contribution in [0.5, 0.6) is 0 Å². The van der Waals surface area contributed by atoms with E-state index in [-0.39, 0.29) is 0 Å². The van der Waals surface area contributed by atoms with E-state index in [0.29, 0.717) is 0 Å². The lowest BCUT2D eigenvalue weighted by atomic mass is 10.0. The van der Waals surface area contributed by atoms with Gasteiger partial charge in [0.05, 0.1) is 16.7 Å². The number of hydrogen-bond acceptors (Lipinski definition) is 3. The smallest absolute Gasteiger partial charge is 0.104 e. The van der Waals surface area contributed by atoms with Crippen LogP contribution in [0.25, 0.3) is 22.2 Å². The molecule has 19 heavy (non-hydrogen) atoms. The van der Waals surface area contributed by atoms with E-state index in [9.17, 15) is 0 Å². The molecule has 3 N–H and O–H groups in total. The zero-order chi connectivity index (χ0) is 13.4. The van der Waals surface area contributed by atoms with Crippen LogP contribution in [0.15, 0.2) is 18.2 Å². The van der Waals surface area contributed by atoms with Gasteiger partial charge in [-0.15, -0.1) is 0 Å². The van der Waals surface area contributed by atoms with Crippen molar-refractivity contribution >= 4 is 11.0 Å². The topological polar surface area (TPSA) is 69.4 Å². The molecule has 0 fully saturated rings. The van der Waals surface area contributed by atoms with Gasteiger partial charge in [0.2, 0.25) is 0 Å². The standard InChI is InChI=1S/C14H17N5/c1-8-14(13(7-15-3)19-18-8)10-4-5-11-12(6-10)17-9(2)16-11/h4-6,15H,7H2,1-3H3,(H,16,17)(H,18,19). The Morgan fingerprint density at radius 2 is 2.11 bits per heavy atom. The number of aromatic amines is 2. The fraction of sp³-hybridized carbons (Fsp3) is 0.286. The molecular weight excluding hydrogens is 238 g/mol. The summed E-state index contributed by atoms with van der Waals surface area (Å²) in [5.41, 5.74) is 6.51. The Balaban J connectivity index is 2.15. The van der Waals surface area contributed by atoms with Crippen LogP contribution in [0.4, 0.5) is 0 Å². The molecule has 0 radical (unpaired) electrons. The number of hydrogen-bond donors (Lipinski definition) is 3. The van der Waals surface area contributed by atoms with Crippen molar-refractivity contribution in [3.8, 4) is 11.1 Å². The van der Waals surface area contributed by atoms with E-state index in [0.717, 1.165) is 40.4 Å². The highest BCUT2D eigenvalue weighted by Crippen LogP contribution is 2.28. The first-order chi connectivity index (χ1) is 9.19. The van der Waals surface area contributed by atoms with Gasteiger partial charge >= 0.3 is 0 Å². The molecule has 3 rings (SSSR count). The number of aryl methyl sites for hydroxylation is 2. The summed E-state index contributed by atoms with van der Waals surface area (Å²) in [5.74, 6) is 0.937. The molecule has 98 valence electrons. The lowest BCUT2D eigenvalue weighted by Gasteiger charge is -2.04. The van der Waals surface area contributed by atoms with Crippen molar-refractivity contribution in [3.63, 3.8) is 0 Å². The van der Waals surface area contributed by atoms with Gasteiger partial charge in [-0.3, -0.25) is 5.10 Å². The van der Waals surface area contributed by atoms with E-state index in [1.807, 2.05) is 27.0 Å². The third-order valence-corrected chi connectivity index (χ3v) is 3.26. The van der Waals surface area contributed by atoms with Crippen molar-refractivity contribution in [1.82, 2.24) is 25.5 Å². The highest BCUT2D eigenvalue weighted by atomic mass is 15.1. The first-order valence-electron chi connectivity index (χ1n) is 6.34. The first-order valence-corrected chi connectivity index (χ1v) is 6.34. The SMILES string of the molecule is CNCc1n[nH]c(C)c1-c1ccc2nc(C)[nH]c2c1. The third kappa shape index (κ3) is 2.02. The molecule has 0 aliphatic carbocycles. The fourth-order valence-corrected chi connectivity index (χ4v) is 2.45. The van der Waals surface area contributed by atoms with Gasteiger partial charge in [0, 0.05) is 17.8 Å². The Morgan fingerprint density at radius 1 is 1.26 bits per heavy atom. The summed E-state index contributed by atoms with van der Waals surface area (Å²) in [6.07, 6.45) is 0.